The molecule has 0 saturated carbocycles. The van der Waals surface area contributed by atoms with Gasteiger partial charge in [0.25, 0.3) is 0 Å². The van der Waals surface area contributed by atoms with Gasteiger partial charge in [-0.1, -0.05) is 12.1 Å². The number of hydrazine groups is 1. The zero-order chi connectivity index (χ0) is 13.8. The van der Waals surface area contributed by atoms with Crippen LogP contribution >= 0.6 is 11.8 Å². The van der Waals surface area contributed by atoms with Gasteiger partial charge in [0.05, 0.1) is 11.4 Å². The zero-order valence-electron chi connectivity index (χ0n) is 10.2. The number of anilines is 1. The number of halogens is 2. The molecule has 0 saturated heterocycles. The molecule has 7 heteroatoms. The fourth-order valence-corrected chi connectivity index (χ4v) is 2.28. The lowest BCUT2D eigenvalue weighted by atomic mass is 10.3. The topological polar surface area (TPSA) is 63.8 Å². The number of aromatic nitrogens is 2. The van der Waals surface area contributed by atoms with Crippen LogP contribution in [0.4, 0.5) is 14.6 Å². The molecule has 1 aromatic heterocycles. The Morgan fingerprint density at radius 3 is 2.68 bits per heavy atom. The van der Waals surface area contributed by atoms with E-state index in [2.05, 4.69) is 15.4 Å². The van der Waals surface area contributed by atoms with Crippen LogP contribution in [-0.4, -0.2) is 9.97 Å². The van der Waals surface area contributed by atoms with Crippen LogP contribution in [0.3, 0.4) is 0 Å². The second-order valence-electron chi connectivity index (χ2n) is 3.75. The van der Waals surface area contributed by atoms with E-state index in [-0.39, 0.29) is 17.3 Å². The second-order valence-corrected chi connectivity index (χ2v) is 4.77. The first-order chi connectivity index (χ1) is 9.11. The van der Waals surface area contributed by atoms with Crippen molar-refractivity contribution in [3.8, 4) is 0 Å². The zero-order valence-corrected chi connectivity index (χ0v) is 11.0. The van der Waals surface area contributed by atoms with Gasteiger partial charge in [-0.15, -0.1) is 11.8 Å². The van der Waals surface area contributed by atoms with Crippen molar-refractivity contribution in [2.24, 2.45) is 5.84 Å². The first-order valence-electron chi connectivity index (χ1n) is 5.48. The van der Waals surface area contributed by atoms with Crippen molar-refractivity contribution in [2.45, 2.75) is 17.6 Å². The molecule has 3 N–H and O–H groups in total. The fourth-order valence-electron chi connectivity index (χ4n) is 1.48. The molecule has 0 unspecified atom stereocenters. The number of nitrogens with two attached hydrogens (primary N) is 1. The first-order valence-corrected chi connectivity index (χ1v) is 6.47. The lowest BCUT2D eigenvalue weighted by molar-refractivity contribution is 0.600. The predicted octanol–water partition coefficient (Wildman–Crippen LogP) is 2.64. The molecule has 0 aliphatic carbocycles. The largest absolute Gasteiger partial charge is 0.306 e. The Hall–Kier alpha value is -1.73. The molecule has 0 radical (unpaired) electrons. The number of benzene rings is 1. The van der Waals surface area contributed by atoms with Crippen molar-refractivity contribution in [1.82, 2.24) is 9.97 Å². The Morgan fingerprint density at radius 1 is 1.26 bits per heavy atom. The summed E-state index contributed by atoms with van der Waals surface area (Å²) in [4.78, 5) is 8.43. The average Bonchev–Trinajstić information content (AvgIpc) is 2.41. The minimum absolute atomic E-state index is 0.0587. The van der Waals surface area contributed by atoms with E-state index in [1.165, 1.54) is 24.8 Å². The maximum atomic E-state index is 13.5. The Morgan fingerprint density at radius 2 is 2.00 bits per heavy atom. The van der Waals surface area contributed by atoms with E-state index in [0.29, 0.717) is 16.5 Å². The Labute approximate surface area is 113 Å². The van der Waals surface area contributed by atoms with Crippen LogP contribution in [0.15, 0.2) is 29.2 Å². The van der Waals surface area contributed by atoms with Crippen LogP contribution in [0, 0.1) is 18.6 Å². The summed E-state index contributed by atoms with van der Waals surface area (Å²) >= 11 is 1.24. The van der Waals surface area contributed by atoms with Gasteiger partial charge in [0.1, 0.15) is 11.6 Å². The molecule has 0 bridgehead atoms. The normalized spacial score (nSPS) is 10.5. The van der Waals surface area contributed by atoms with E-state index >= 15 is 0 Å². The van der Waals surface area contributed by atoms with E-state index in [9.17, 15) is 8.78 Å². The minimum atomic E-state index is -0.581. The molecule has 2 rings (SSSR count). The number of aryl methyl sites for hydroxylation is 1. The van der Waals surface area contributed by atoms with Gasteiger partial charge in [0, 0.05) is 4.90 Å². The van der Waals surface area contributed by atoms with Crippen molar-refractivity contribution >= 4 is 17.6 Å². The summed E-state index contributed by atoms with van der Waals surface area (Å²) in [6.07, 6.45) is 0. The molecule has 100 valence electrons. The monoisotopic (exact) mass is 282 g/mol. The summed E-state index contributed by atoms with van der Waals surface area (Å²) in [5.74, 6) is 4.95. The number of nitrogens with one attached hydrogen (secondary N) is 1. The van der Waals surface area contributed by atoms with Gasteiger partial charge in [-0.2, -0.15) is 0 Å². The molecule has 2 aromatic rings. The van der Waals surface area contributed by atoms with Crippen LogP contribution in [0.2, 0.25) is 0 Å². The highest BCUT2D eigenvalue weighted by molar-refractivity contribution is 7.98. The lowest BCUT2D eigenvalue weighted by Gasteiger charge is -2.07. The SMILES string of the molecule is Cc1nc(CSc2ccccc2F)nc(NN)c1F. The highest BCUT2D eigenvalue weighted by Gasteiger charge is 2.11. The summed E-state index contributed by atoms with van der Waals surface area (Å²) in [7, 11) is 0. The summed E-state index contributed by atoms with van der Waals surface area (Å²) in [6, 6.07) is 6.41. The summed E-state index contributed by atoms with van der Waals surface area (Å²) in [5, 5.41) is 0. The number of nitrogens with zero attached hydrogens (tertiary/aromatic N) is 2. The van der Waals surface area contributed by atoms with E-state index in [4.69, 9.17) is 5.84 Å². The molecule has 0 fully saturated rings. The molecule has 1 aromatic carbocycles. The van der Waals surface area contributed by atoms with Gasteiger partial charge in [0.15, 0.2) is 11.6 Å². The lowest BCUT2D eigenvalue weighted by Crippen LogP contribution is -2.13. The number of nitrogen functional groups attached to an aromatic ring is 1. The highest BCUT2D eigenvalue weighted by atomic mass is 32.2. The van der Waals surface area contributed by atoms with Gasteiger partial charge in [-0.25, -0.2) is 24.6 Å². The highest BCUT2D eigenvalue weighted by Crippen LogP contribution is 2.25. The number of hydrogen-bond acceptors (Lipinski definition) is 5. The smallest absolute Gasteiger partial charge is 0.187 e. The number of thioether (sulfide) groups is 1. The number of hydrogen-bond donors (Lipinski definition) is 2. The maximum absolute atomic E-state index is 13.5. The van der Waals surface area contributed by atoms with Gasteiger partial charge >= 0.3 is 0 Å². The van der Waals surface area contributed by atoms with Crippen LogP contribution < -0.4 is 11.3 Å². The van der Waals surface area contributed by atoms with Crippen molar-refractivity contribution in [3.63, 3.8) is 0 Å². The second kappa shape index (κ2) is 5.94. The molecule has 0 spiro atoms. The molecular formula is C12H12F2N4S. The molecule has 0 aliphatic rings. The van der Waals surface area contributed by atoms with Crippen LogP contribution in [0.25, 0.3) is 0 Å². The molecule has 1 heterocycles. The summed E-state index contributed by atoms with van der Waals surface area (Å²) < 4.78 is 26.9. The number of rotatable bonds is 4. The molecule has 4 nitrogen and oxygen atoms in total. The standard InChI is InChI=1S/C12H12F2N4S/c1-7-11(14)12(18-15)17-10(16-7)6-19-9-5-3-2-4-8(9)13/h2-5H,6,15H2,1H3,(H,16,17,18). The van der Waals surface area contributed by atoms with Gasteiger partial charge in [0.2, 0.25) is 0 Å². The van der Waals surface area contributed by atoms with Crippen molar-refractivity contribution in [3.05, 3.63) is 47.4 Å². The average molecular weight is 282 g/mol. The van der Waals surface area contributed by atoms with Crippen molar-refractivity contribution in [1.29, 1.82) is 0 Å². The van der Waals surface area contributed by atoms with Gasteiger partial charge < -0.3 is 5.43 Å². The van der Waals surface area contributed by atoms with Gasteiger partial charge in [-0.05, 0) is 19.1 Å². The molecule has 0 amide bonds. The minimum Gasteiger partial charge on any atom is -0.306 e. The maximum Gasteiger partial charge on any atom is 0.187 e. The third kappa shape index (κ3) is 3.18. The van der Waals surface area contributed by atoms with Crippen molar-refractivity contribution in [2.75, 3.05) is 5.43 Å². The molecule has 0 aliphatic heterocycles. The third-order valence-corrected chi connectivity index (χ3v) is 3.44. The summed E-state index contributed by atoms with van der Waals surface area (Å²) in [5.41, 5.74) is 2.38. The summed E-state index contributed by atoms with van der Waals surface area (Å²) in [6.45, 7) is 1.52. The predicted molar refractivity (Wildman–Crippen MR) is 70.5 cm³/mol. The first kappa shape index (κ1) is 13.7. The molecule has 19 heavy (non-hydrogen) atoms. The van der Waals surface area contributed by atoms with E-state index in [1.54, 1.807) is 18.2 Å². The molecule has 0 atom stereocenters. The van der Waals surface area contributed by atoms with Crippen molar-refractivity contribution < 1.29 is 8.78 Å². The van der Waals surface area contributed by atoms with Crippen LogP contribution in [0.1, 0.15) is 11.5 Å². The van der Waals surface area contributed by atoms with E-state index < -0.39 is 5.82 Å². The quantitative estimate of drug-likeness (QED) is 0.513. The van der Waals surface area contributed by atoms with Gasteiger partial charge in [-0.3, -0.25) is 0 Å². The fraction of sp³-hybridized carbons (Fsp3) is 0.167. The third-order valence-electron chi connectivity index (χ3n) is 2.39. The van der Waals surface area contributed by atoms with E-state index in [0.717, 1.165) is 0 Å². The Kier molecular flexibility index (Phi) is 4.28. The Bertz CT molecular complexity index is 592. The Balaban J connectivity index is 2.16. The van der Waals surface area contributed by atoms with Crippen LogP contribution in [-0.2, 0) is 5.75 Å². The molecular weight excluding hydrogens is 270 g/mol. The van der Waals surface area contributed by atoms with E-state index in [1.807, 2.05) is 0 Å². The van der Waals surface area contributed by atoms with Crippen LogP contribution in [0.5, 0.6) is 0 Å².